The van der Waals surface area contributed by atoms with Crippen LogP contribution in [0.4, 0.5) is 0 Å². The Morgan fingerprint density at radius 2 is 2.36 bits per heavy atom. The summed E-state index contributed by atoms with van der Waals surface area (Å²) in [5.41, 5.74) is 2.75. The van der Waals surface area contributed by atoms with Gasteiger partial charge in [0.05, 0.1) is 11.6 Å². The standard InChI is InChI=1S/C11H12ClNO/c12-9-2-1-7-3-4-13-5-8-6-14-11(9)10(7)8/h1-2,8,13H,3-6H2. The van der Waals surface area contributed by atoms with Crippen molar-refractivity contribution in [2.45, 2.75) is 12.3 Å². The lowest BCUT2D eigenvalue weighted by Gasteiger charge is -2.07. The molecule has 0 radical (unpaired) electrons. The SMILES string of the molecule is Clc1ccc2c3c1OCC3CNCC2. The van der Waals surface area contributed by atoms with Crippen LogP contribution >= 0.6 is 11.6 Å². The van der Waals surface area contributed by atoms with Gasteiger partial charge >= 0.3 is 0 Å². The fourth-order valence-corrected chi connectivity index (χ4v) is 2.57. The van der Waals surface area contributed by atoms with E-state index in [0.29, 0.717) is 5.92 Å². The van der Waals surface area contributed by atoms with Crippen LogP contribution < -0.4 is 10.1 Å². The third-order valence-corrected chi connectivity index (χ3v) is 3.33. The third-order valence-electron chi connectivity index (χ3n) is 3.04. The van der Waals surface area contributed by atoms with Crippen LogP contribution in [0.1, 0.15) is 17.0 Å². The molecule has 0 aliphatic carbocycles. The van der Waals surface area contributed by atoms with Crippen molar-refractivity contribution in [3.05, 3.63) is 28.3 Å². The van der Waals surface area contributed by atoms with Crippen molar-refractivity contribution in [3.63, 3.8) is 0 Å². The lowest BCUT2D eigenvalue weighted by molar-refractivity contribution is 0.327. The summed E-state index contributed by atoms with van der Waals surface area (Å²) < 4.78 is 5.64. The van der Waals surface area contributed by atoms with E-state index in [1.165, 1.54) is 11.1 Å². The van der Waals surface area contributed by atoms with Crippen LogP contribution in [0.5, 0.6) is 5.75 Å². The van der Waals surface area contributed by atoms with E-state index < -0.39 is 0 Å². The minimum atomic E-state index is 0.501. The molecule has 1 N–H and O–H groups in total. The summed E-state index contributed by atoms with van der Waals surface area (Å²) in [6, 6.07) is 4.08. The molecule has 2 heterocycles. The van der Waals surface area contributed by atoms with E-state index in [-0.39, 0.29) is 0 Å². The van der Waals surface area contributed by atoms with Crippen LogP contribution in [0.3, 0.4) is 0 Å². The molecule has 1 atom stereocenters. The van der Waals surface area contributed by atoms with Crippen LogP contribution in [0.15, 0.2) is 12.1 Å². The molecule has 2 aliphatic heterocycles. The Kier molecular flexibility index (Phi) is 1.92. The van der Waals surface area contributed by atoms with Gasteiger partial charge in [0, 0.05) is 18.0 Å². The first-order valence-electron chi connectivity index (χ1n) is 5.01. The average molecular weight is 210 g/mol. The molecule has 0 fully saturated rings. The lowest BCUT2D eigenvalue weighted by Crippen LogP contribution is -2.21. The molecule has 2 nitrogen and oxygen atoms in total. The molecule has 14 heavy (non-hydrogen) atoms. The first-order valence-corrected chi connectivity index (χ1v) is 5.39. The van der Waals surface area contributed by atoms with Crippen molar-refractivity contribution in [1.29, 1.82) is 0 Å². The van der Waals surface area contributed by atoms with E-state index in [9.17, 15) is 0 Å². The van der Waals surface area contributed by atoms with Crippen molar-refractivity contribution >= 4 is 11.6 Å². The Morgan fingerprint density at radius 3 is 3.29 bits per heavy atom. The molecular formula is C11H12ClNO. The molecule has 0 bridgehead atoms. The highest BCUT2D eigenvalue weighted by Crippen LogP contribution is 2.42. The summed E-state index contributed by atoms with van der Waals surface area (Å²) in [5, 5.41) is 4.18. The molecular weight excluding hydrogens is 198 g/mol. The minimum absolute atomic E-state index is 0.501. The van der Waals surface area contributed by atoms with Crippen LogP contribution in [-0.2, 0) is 6.42 Å². The molecule has 2 aliphatic rings. The van der Waals surface area contributed by atoms with Gasteiger partial charge in [0.25, 0.3) is 0 Å². The van der Waals surface area contributed by atoms with E-state index in [1.807, 2.05) is 6.07 Å². The largest absolute Gasteiger partial charge is 0.491 e. The highest BCUT2D eigenvalue weighted by Gasteiger charge is 2.30. The summed E-state index contributed by atoms with van der Waals surface area (Å²) in [5.74, 6) is 1.43. The molecule has 74 valence electrons. The minimum Gasteiger partial charge on any atom is -0.491 e. The molecule has 1 aromatic carbocycles. The van der Waals surface area contributed by atoms with Gasteiger partial charge in [0.1, 0.15) is 5.75 Å². The molecule has 0 saturated carbocycles. The topological polar surface area (TPSA) is 21.3 Å². The monoisotopic (exact) mass is 209 g/mol. The van der Waals surface area contributed by atoms with Crippen molar-refractivity contribution in [2.24, 2.45) is 0 Å². The van der Waals surface area contributed by atoms with Gasteiger partial charge in [-0.3, -0.25) is 0 Å². The summed E-state index contributed by atoms with van der Waals surface area (Å²) in [4.78, 5) is 0. The Morgan fingerprint density at radius 1 is 1.43 bits per heavy atom. The van der Waals surface area contributed by atoms with E-state index in [1.54, 1.807) is 0 Å². The zero-order valence-corrected chi connectivity index (χ0v) is 8.60. The molecule has 3 heteroatoms. The van der Waals surface area contributed by atoms with Crippen molar-refractivity contribution in [3.8, 4) is 5.75 Å². The highest BCUT2D eigenvalue weighted by molar-refractivity contribution is 6.32. The van der Waals surface area contributed by atoms with E-state index >= 15 is 0 Å². The van der Waals surface area contributed by atoms with Crippen molar-refractivity contribution < 1.29 is 4.74 Å². The Balaban J connectivity index is 2.20. The Labute approximate surface area is 88.2 Å². The van der Waals surface area contributed by atoms with Gasteiger partial charge in [-0.25, -0.2) is 0 Å². The maximum Gasteiger partial charge on any atom is 0.141 e. The van der Waals surface area contributed by atoms with Gasteiger partial charge in [-0.2, -0.15) is 0 Å². The van der Waals surface area contributed by atoms with E-state index in [0.717, 1.165) is 36.9 Å². The first-order chi connectivity index (χ1) is 6.86. The lowest BCUT2D eigenvalue weighted by atomic mass is 9.96. The van der Waals surface area contributed by atoms with Crippen molar-refractivity contribution in [1.82, 2.24) is 5.32 Å². The van der Waals surface area contributed by atoms with Gasteiger partial charge < -0.3 is 10.1 Å². The number of nitrogens with one attached hydrogen (secondary N) is 1. The Bertz CT molecular complexity index is 378. The molecule has 0 spiro atoms. The quantitative estimate of drug-likeness (QED) is 0.706. The maximum absolute atomic E-state index is 6.10. The molecule has 0 saturated heterocycles. The number of halogens is 1. The summed E-state index contributed by atoms with van der Waals surface area (Å²) in [6.07, 6.45) is 1.08. The fraction of sp³-hybridized carbons (Fsp3) is 0.455. The van der Waals surface area contributed by atoms with Crippen LogP contribution in [0.25, 0.3) is 0 Å². The van der Waals surface area contributed by atoms with Gasteiger partial charge in [-0.15, -0.1) is 0 Å². The molecule has 0 aromatic heterocycles. The Hall–Kier alpha value is -0.730. The number of hydrogen-bond donors (Lipinski definition) is 1. The first kappa shape index (κ1) is 8.57. The predicted octanol–water partition coefficient (Wildman–Crippen LogP) is 1.96. The van der Waals surface area contributed by atoms with Gasteiger partial charge in [0.15, 0.2) is 0 Å². The second-order valence-electron chi connectivity index (χ2n) is 3.91. The van der Waals surface area contributed by atoms with Crippen LogP contribution in [0, 0.1) is 0 Å². The fourth-order valence-electron chi connectivity index (χ4n) is 2.35. The predicted molar refractivity (Wildman–Crippen MR) is 56.3 cm³/mol. The molecule has 1 unspecified atom stereocenters. The van der Waals surface area contributed by atoms with Gasteiger partial charge in [-0.1, -0.05) is 17.7 Å². The van der Waals surface area contributed by atoms with Crippen molar-refractivity contribution in [2.75, 3.05) is 19.7 Å². The number of benzene rings is 1. The maximum atomic E-state index is 6.10. The highest BCUT2D eigenvalue weighted by atomic mass is 35.5. The smallest absolute Gasteiger partial charge is 0.141 e. The van der Waals surface area contributed by atoms with Gasteiger partial charge in [-0.05, 0) is 24.6 Å². The normalized spacial score (nSPS) is 23.9. The van der Waals surface area contributed by atoms with Gasteiger partial charge in [0.2, 0.25) is 0 Å². The molecule has 1 aromatic rings. The second kappa shape index (κ2) is 3.14. The number of hydrogen-bond acceptors (Lipinski definition) is 2. The van der Waals surface area contributed by atoms with Crippen LogP contribution in [0.2, 0.25) is 5.02 Å². The summed E-state index contributed by atoms with van der Waals surface area (Å²) in [6.45, 7) is 2.85. The second-order valence-corrected chi connectivity index (χ2v) is 4.32. The molecule has 0 amide bonds. The summed E-state index contributed by atoms with van der Waals surface area (Å²) >= 11 is 6.10. The average Bonchev–Trinajstić information content (AvgIpc) is 2.51. The van der Waals surface area contributed by atoms with Crippen LogP contribution in [-0.4, -0.2) is 19.7 Å². The zero-order valence-electron chi connectivity index (χ0n) is 7.85. The number of ether oxygens (including phenoxy) is 1. The zero-order chi connectivity index (χ0) is 9.54. The van der Waals surface area contributed by atoms with E-state index in [4.69, 9.17) is 16.3 Å². The van der Waals surface area contributed by atoms with E-state index in [2.05, 4.69) is 11.4 Å². The number of rotatable bonds is 0. The molecule has 3 rings (SSSR count). The summed E-state index contributed by atoms with van der Waals surface area (Å²) in [7, 11) is 0. The third kappa shape index (κ3) is 1.14.